The first-order valence-electron chi connectivity index (χ1n) is 32.6. The van der Waals surface area contributed by atoms with E-state index in [1.807, 2.05) is 138 Å². The van der Waals surface area contributed by atoms with Crippen LogP contribution < -0.4 is 5.46 Å². The summed E-state index contributed by atoms with van der Waals surface area (Å²) in [5.41, 5.74) is 15.2. The number of aromatic nitrogens is 8. The maximum absolute atomic E-state index is 6.43. The van der Waals surface area contributed by atoms with Gasteiger partial charge in [-0.05, 0) is 122 Å². The fourth-order valence-corrected chi connectivity index (χ4v) is 13.5. The Kier molecular flexibility index (Phi) is 15.8. The fourth-order valence-electron chi connectivity index (χ4n) is 13.4. The highest BCUT2D eigenvalue weighted by atomic mass is 35.5. The van der Waals surface area contributed by atoms with Gasteiger partial charge in [-0.25, -0.2) is 4.98 Å². The summed E-state index contributed by atoms with van der Waals surface area (Å²) in [6.07, 6.45) is 0. The Morgan fingerprint density at radius 2 is 0.677 bits per heavy atom. The van der Waals surface area contributed by atoms with E-state index >= 15 is 0 Å². The molecule has 1 saturated heterocycles. The molecule has 12 aromatic carbocycles. The van der Waals surface area contributed by atoms with Crippen molar-refractivity contribution in [3.8, 4) is 68.3 Å². The van der Waals surface area contributed by atoms with E-state index in [2.05, 4.69) is 200 Å². The molecule has 1 fully saturated rings. The first-order valence-corrected chi connectivity index (χ1v) is 33.0. The lowest BCUT2D eigenvalue weighted by Gasteiger charge is -2.32. The maximum atomic E-state index is 6.43. The molecule has 0 unspecified atom stereocenters. The second kappa shape index (κ2) is 25.3. The Morgan fingerprint density at radius 1 is 0.313 bits per heavy atom. The van der Waals surface area contributed by atoms with Crippen LogP contribution in [0.4, 0.5) is 0 Å². The summed E-state index contributed by atoms with van der Waals surface area (Å²) < 4.78 is 29.2. The van der Waals surface area contributed by atoms with Gasteiger partial charge in [-0.15, -0.1) is 0 Å². The quantitative estimate of drug-likeness (QED) is 0.107. The molecule has 0 saturated carbocycles. The van der Waals surface area contributed by atoms with Crippen LogP contribution in [0.25, 0.3) is 156 Å². The molecule has 478 valence electrons. The molecule has 6 aromatic heterocycles. The Morgan fingerprint density at radius 3 is 1.12 bits per heavy atom. The monoisotopic (exact) mass is 1310 g/mol. The van der Waals surface area contributed by atoms with Gasteiger partial charge in [0.2, 0.25) is 17.2 Å². The second-order valence-electron chi connectivity index (χ2n) is 25.3. The molecule has 0 atom stereocenters. The van der Waals surface area contributed by atoms with Crippen molar-refractivity contribution in [3.63, 3.8) is 0 Å². The third-order valence-electron chi connectivity index (χ3n) is 18.8. The van der Waals surface area contributed by atoms with Crippen molar-refractivity contribution in [2.75, 3.05) is 0 Å². The first kappa shape index (κ1) is 62.0. The molecule has 0 N–H and O–H groups in total. The highest BCUT2D eigenvalue weighted by Crippen LogP contribution is 2.42. The molecule has 99 heavy (non-hydrogen) atoms. The summed E-state index contributed by atoms with van der Waals surface area (Å²) in [4.78, 5) is 28.5. The van der Waals surface area contributed by atoms with Gasteiger partial charge in [0, 0.05) is 59.8 Å². The summed E-state index contributed by atoms with van der Waals surface area (Å²) in [5, 5.41) is 9.21. The molecule has 7 heterocycles. The average molecular weight is 1310 g/mol. The number of fused-ring (bicyclic) bond motifs is 12. The molecule has 1 aliphatic rings. The molecule has 0 aliphatic carbocycles. The van der Waals surface area contributed by atoms with Crippen molar-refractivity contribution in [2.45, 2.75) is 38.9 Å². The summed E-state index contributed by atoms with van der Waals surface area (Å²) >= 11 is 6.24. The molecule has 18 aromatic rings. The van der Waals surface area contributed by atoms with E-state index in [-0.39, 0.29) is 23.9 Å². The molecule has 14 heteroatoms. The van der Waals surface area contributed by atoms with Gasteiger partial charge in [0.25, 0.3) is 0 Å². The number of rotatable bonds is 8. The number of para-hydroxylation sites is 4. The van der Waals surface area contributed by atoms with E-state index in [9.17, 15) is 0 Å². The average Bonchev–Trinajstić information content (AvgIpc) is 1.64. The van der Waals surface area contributed by atoms with Crippen LogP contribution in [0.2, 0.25) is 5.28 Å². The third-order valence-corrected chi connectivity index (χ3v) is 19.0. The highest BCUT2D eigenvalue weighted by molar-refractivity contribution is 6.62. The zero-order valence-corrected chi connectivity index (χ0v) is 55.6. The SMILES string of the molecule is CC1(C)OB(c2ccc3c(c2)oc2cccc(-c4ccccc4)c23)OC1(C)C.Clc1nc(-c2ccccc2)nc(-n2c3ccccc3c3ccccc32)n1.[CH3-].c1ccc(-c2nc(-c3ccc4c(c3)oc3cccc(-c5ccccc5)c34)nc(-n3c4ccccc4c4ccccc43)n2)cc1. The van der Waals surface area contributed by atoms with Crippen molar-refractivity contribution in [2.24, 2.45) is 0 Å². The van der Waals surface area contributed by atoms with Gasteiger partial charge in [0.05, 0.1) is 33.3 Å². The first-order chi connectivity index (χ1) is 48.0. The summed E-state index contributed by atoms with van der Waals surface area (Å²) in [6.45, 7) is 8.27. The molecule has 0 amide bonds. The number of nitrogens with zero attached hydrogens (tertiary/aromatic N) is 8. The number of benzene rings is 12. The Labute approximate surface area is 576 Å². The van der Waals surface area contributed by atoms with E-state index in [1.165, 1.54) is 11.1 Å². The van der Waals surface area contributed by atoms with Crippen molar-refractivity contribution in [1.29, 1.82) is 0 Å². The lowest BCUT2D eigenvalue weighted by molar-refractivity contribution is 0.00578. The molecule has 0 bridgehead atoms. The van der Waals surface area contributed by atoms with Crippen LogP contribution in [0.15, 0.2) is 300 Å². The van der Waals surface area contributed by atoms with Crippen molar-refractivity contribution in [1.82, 2.24) is 39.0 Å². The van der Waals surface area contributed by atoms with E-state index < -0.39 is 7.12 Å². The molecular formula is C85H63BClN8O4-. The maximum Gasteiger partial charge on any atom is 0.494 e. The van der Waals surface area contributed by atoms with Gasteiger partial charge in [-0.2, -0.15) is 24.9 Å². The van der Waals surface area contributed by atoms with Gasteiger partial charge in [0.1, 0.15) is 22.3 Å². The molecule has 12 nitrogen and oxygen atoms in total. The molecule has 0 spiro atoms. The molecule has 1 aliphatic heterocycles. The lowest BCUT2D eigenvalue weighted by atomic mass is 9.79. The normalized spacial score (nSPS) is 13.3. The largest absolute Gasteiger partial charge is 0.494 e. The van der Waals surface area contributed by atoms with E-state index in [1.54, 1.807) is 0 Å². The minimum Gasteiger partial charge on any atom is -0.456 e. The van der Waals surface area contributed by atoms with Gasteiger partial charge in [-0.3, -0.25) is 9.13 Å². The topological polar surface area (TPSA) is 132 Å². The van der Waals surface area contributed by atoms with Crippen LogP contribution in [0.5, 0.6) is 0 Å². The minimum atomic E-state index is -0.392. The van der Waals surface area contributed by atoms with E-state index in [0.29, 0.717) is 29.4 Å². The molecule has 0 radical (unpaired) electrons. The van der Waals surface area contributed by atoms with Crippen molar-refractivity contribution >= 4 is 112 Å². The number of furan rings is 2. The predicted octanol–water partition coefficient (Wildman–Crippen LogP) is 21.2. The second-order valence-corrected chi connectivity index (χ2v) is 25.7. The summed E-state index contributed by atoms with van der Waals surface area (Å²) in [5.74, 6) is 2.84. The third kappa shape index (κ3) is 11.2. The van der Waals surface area contributed by atoms with Crippen LogP contribution in [0.1, 0.15) is 27.7 Å². The standard InChI is InChI=1S/C39H24N4O.C24H23BO3.C21H13ClN4.CH3/c1-3-12-25(13-4-1)28-18-11-21-34-36(28)31-23-22-27(24-35(31)44-34)38-40-37(26-14-5-2-6-15-26)41-39(42-38)43-32-19-9-7-16-29(32)30-17-8-10-20-33(30)43;1-23(2)24(3,4)28-25(27-23)17-13-14-19-21(15-17)26-20-12-8-11-18(22(19)20)16-9-6-5-7-10-16;22-20-23-19(14-8-2-1-3-9-14)24-21(25-20)26-17-12-6-4-10-15(17)16-11-5-7-13-18(16)26;/h1-24H;5-15H,1-4H3;1-13H;1H3/q;;;-1. The number of halogens is 1. The summed E-state index contributed by atoms with van der Waals surface area (Å²) in [7, 11) is -0.392. The zero-order valence-electron chi connectivity index (χ0n) is 54.9. The van der Waals surface area contributed by atoms with Crippen LogP contribution in [-0.4, -0.2) is 57.4 Å². The van der Waals surface area contributed by atoms with E-state index in [0.717, 1.165) is 121 Å². The van der Waals surface area contributed by atoms with Crippen molar-refractivity contribution < 1.29 is 18.1 Å². The smallest absolute Gasteiger partial charge is 0.456 e. The fraction of sp³-hybridized carbons (Fsp3) is 0.0706. The van der Waals surface area contributed by atoms with Gasteiger partial charge in [0.15, 0.2) is 17.5 Å². The predicted molar refractivity (Wildman–Crippen MR) is 404 cm³/mol. The van der Waals surface area contributed by atoms with Crippen LogP contribution in [0, 0.1) is 7.43 Å². The highest BCUT2D eigenvalue weighted by Gasteiger charge is 2.52. The van der Waals surface area contributed by atoms with Crippen LogP contribution >= 0.6 is 11.6 Å². The lowest BCUT2D eigenvalue weighted by Crippen LogP contribution is -2.41. The Balaban J connectivity index is 0.000000121. The van der Waals surface area contributed by atoms with Gasteiger partial charge >= 0.3 is 7.12 Å². The van der Waals surface area contributed by atoms with Crippen LogP contribution in [-0.2, 0) is 9.31 Å². The molecular weight excluding hydrogens is 1240 g/mol. The van der Waals surface area contributed by atoms with Crippen molar-refractivity contribution in [3.05, 3.63) is 304 Å². The van der Waals surface area contributed by atoms with Crippen LogP contribution in [0.3, 0.4) is 0 Å². The zero-order chi connectivity index (χ0) is 66.1. The van der Waals surface area contributed by atoms with E-state index in [4.69, 9.17) is 49.7 Å². The van der Waals surface area contributed by atoms with Gasteiger partial charge in [-0.1, -0.05) is 237 Å². The number of hydrogen-bond acceptors (Lipinski definition) is 10. The summed E-state index contributed by atoms with van der Waals surface area (Å²) in [6, 6.07) is 98.8. The minimum absolute atomic E-state index is 0. The Hall–Kier alpha value is -11.9. The molecule has 19 rings (SSSR count). The van der Waals surface area contributed by atoms with Gasteiger partial charge < -0.3 is 25.6 Å². The number of hydrogen-bond donors (Lipinski definition) is 0. The Bertz CT molecular complexity index is 5930.